The SMILES string of the molecule is COc1ccc(CP)cc1C. The Morgan fingerprint density at radius 2 is 2.18 bits per heavy atom. The quantitative estimate of drug-likeness (QED) is 0.616. The van der Waals surface area contributed by atoms with E-state index >= 15 is 0 Å². The summed E-state index contributed by atoms with van der Waals surface area (Å²) in [5.41, 5.74) is 2.53. The van der Waals surface area contributed by atoms with Crippen molar-refractivity contribution in [2.75, 3.05) is 7.11 Å². The third kappa shape index (κ3) is 1.94. The van der Waals surface area contributed by atoms with Gasteiger partial charge in [0.2, 0.25) is 0 Å². The summed E-state index contributed by atoms with van der Waals surface area (Å²) in [5, 5.41) is 0. The predicted octanol–water partition coefficient (Wildman–Crippen LogP) is 2.38. The first kappa shape index (κ1) is 8.55. The molecule has 0 aromatic heterocycles. The van der Waals surface area contributed by atoms with Crippen LogP contribution in [0.5, 0.6) is 5.75 Å². The highest BCUT2D eigenvalue weighted by atomic mass is 31.0. The van der Waals surface area contributed by atoms with Crippen molar-refractivity contribution in [3.8, 4) is 5.75 Å². The molecule has 60 valence electrons. The van der Waals surface area contributed by atoms with Crippen LogP contribution in [0.25, 0.3) is 0 Å². The van der Waals surface area contributed by atoms with E-state index in [1.165, 1.54) is 11.1 Å². The van der Waals surface area contributed by atoms with Crippen LogP contribution < -0.4 is 4.74 Å². The third-order valence-electron chi connectivity index (χ3n) is 1.69. The molecule has 1 atom stereocenters. The lowest BCUT2D eigenvalue weighted by atomic mass is 10.1. The van der Waals surface area contributed by atoms with Gasteiger partial charge in [0.15, 0.2) is 0 Å². The number of benzene rings is 1. The molecule has 0 saturated carbocycles. The van der Waals surface area contributed by atoms with Crippen LogP contribution in [-0.2, 0) is 6.16 Å². The number of ether oxygens (including phenoxy) is 1. The molecule has 0 heterocycles. The zero-order valence-electron chi connectivity index (χ0n) is 6.92. The summed E-state index contributed by atoms with van der Waals surface area (Å²) in [6, 6.07) is 6.24. The van der Waals surface area contributed by atoms with Gasteiger partial charge in [-0.05, 0) is 30.3 Å². The zero-order valence-corrected chi connectivity index (χ0v) is 8.08. The van der Waals surface area contributed by atoms with Crippen molar-refractivity contribution >= 4 is 9.24 Å². The fourth-order valence-electron chi connectivity index (χ4n) is 1.07. The zero-order chi connectivity index (χ0) is 8.27. The summed E-state index contributed by atoms with van der Waals surface area (Å²) in [5.74, 6) is 0.965. The van der Waals surface area contributed by atoms with Gasteiger partial charge < -0.3 is 4.74 Å². The molecule has 0 aliphatic carbocycles. The Morgan fingerprint density at radius 1 is 1.45 bits per heavy atom. The van der Waals surface area contributed by atoms with Gasteiger partial charge in [0.1, 0.15) is 5.75 Å². The van der Waals surface area contributed by atoms with E-state index < -0.39 is 0 Å². The van der Waals surface area contributed by atoms with Gasteiger partial charge in [-0.1, -0.05) is 12.1 Å². The molecule has 11 heavy (non-hydrogen) atoms. The van der Waals surface area contributed by atoms with Gasteiger partial charge in [-0.25, -0.2) is 0 Å². The Labute approximate surface area is 70.0 Å². The van der Waals surface area contributed by atoms with E-state index in [2.05, 4.69) is 28.3 Å². The molecule has 0 fully saturated rings. The fourth-order valence-corrected chi connectivity index (χ4v) is 1.32. The van der Waals surface area contributed by atoms with Crippen molar-refractivity contribution in [3.05, 3.63) is 29.3 Å². The Kier molecular flexibility index (Phi) is 2.90. The Balaban J connectivity index is 2.99. The van der Waals surface area contributed by atoms with E-state index in [1.54, 1.807) is 7.11 Å². The molecule has 1 nitrogen and oxygen atoms in total. The summed E-state index contributed by atoms with van der Waals surface area (Å²) in [7, 11) is 4.40. The first-order valence-corrected chi connectivity index (χ1v) is 4.43. The van der Waals surface area contributed by atoms with Crippen LogP contribution in [0, 0.1) is 6.92 Å². The molecule has 2 heteroatoms. The monoisotopic (exact) mass is 168 g/mol. The second kappa shape index (κ2) is 3.73. The minimum absolute atomic E-state index is 0.965. The van der Waals surface area contributed by atoms with Crippen LogP contribution in [0.4, 0.5) is 0 Å². The van der Waals surface area contributed by atoms with Crippen LogP contribution >= 0.6 is 9.24 Å². The lowest BCUT2D eigenvalue weighted by Crippen LogP contribution is -1.87. The van der Waals surface area contributed by atoms with Crippen molar-refractivity contribution in [3.63, 3.8) is 0 Å². The number of aryl methyl sites for hydroxylation is 1. The van der Waals surface area contributed by atoms with Crippen molar-refractivity contribution < 1.29 is 4.74 Å². The lowest BCUT2D eigenvalue weighted by molar-refractivity contribution is 0.411. The third-order valence-corrected chi connectivity index (χ3v) is 2.17. The van der Waals surface area contributed by atoms with Crippen LogP contribution in [0.15, 0.2) is 18.2 Å². The molecular formula is C9H13OP. The minimum atomic E-state index is 0.965. The maximum absolute atomic E-state index is 5.14. The van der Waals surface area contributed by atoms with E-state index in [0.29, 0.717) is 0 Å². The Morgan fingerprint density at radius 3 is 2.64 bits per heavy atom. The Hall–Kier alpha value is -0.550. The second-order valence-corrected chi connectivity index (χ2v) is 2.92. The van der Waals surface area contributed by atoms with E-state index in [4.69, 9.17) is 4.74 Å². The first-order chi connectivity index (χ1) is 5.27. The molecular weight excluding hydrogens is 155 g/mol. The smallest absolute Gasteiger partial charge is 0.121 e. The number of hydrogen-bond acceptors (Lipinski definition) is 1. The summed E-state index contributed by atoms with van der Waals surface area (Å²) in [6.07, 6.45) is 1.00. The van der Waals surface area contributed by atoms with Gasteiger partial charge >= 0.3 is 0 Å². The summed E-state index contributed by atoms with van der Waals surface area (Å²) >= 11 is 0. The standard InChI is InChI=1S/C9H13OP/c1-7-5-8(6-11)3-4-9(7)10-2/h3-5H,6,11H2,1-2H3. The number of methoxy groups -OCH3 is 1. The topological polar surface area (TPSA) is 9.23 Å². The highest BCUT2D eigenvalue weighted by Gasteiger charge is 1.96. The van der Waals surface area contributed by atoms with Crippen LogP contribution in [0.1, 0.15) is 11.1 Å². The molecule has 0 spiro atoms. The molecule has 0 aliphatic heterocycles. The maximum Gasteiger partial charge on any atom is 0.121 e. The van der Waals surface area contributed by atoms with Gasteiger partial charge in [0.25, 0.3) is 0 Å². The van der Waals surface area contributed by atoms with Gasteiger partial charge in [-0.3, -0.25) is 0 Å². The number of hydrogen-bond donors (Lipinski definition) is 0. The average Bonchev–Trinajstić information content (AvgIpc) is 2.04. The largest absolute Gasteiger partial charge is 0.496 e. The van der Waals surface area contributed by atoms with E-state index in [1.807, 2.05) is 6.07 Å². The highest BCUT2D eigenvalue weighted by molar-refractivity contribution is 7.15. The fraction of sp³-hybridized carbons (Fsp3) is 0.333. The summed E-state index contributed by atoms with van der Waals surface area (Å²) in [6.45, 7) is 2.06. The maximum atomic E-state index is 5.14. The van der Waals surface area contributed by atoms with E-state index in [9.17, 15) is 0 Å². The van der Waals surface area contributed by atoms with Crippen LogP contribution in [0.3, 0.4) is 0 Å². The van der Waals surface area contributed by atoms with Crippen molar-refractivity contribution in [1.29, 1.82) is 0 Å². The molecule has 1 aromatic rings. The molecule has 1 rings (SSSR count). The molecule has 0 bridgehead atoms. The van der Waals surface area contributed by atoms with Crippen molar-refractivity contribution in [2.24, 2.45) is 0 Å². The minimum Gasteiger partial charge on any atom is -0.496 e. The van der Waals surface area contributed by atoms with Gasteiger partial charge in [0, 0.05) is 0 Å². The molecule has 0 saturated heterocycles. The molecule has 0 radical (unpaired) electrons. The van der Waals surface area contributed by atoms with Gasteiger partial charge in [-0.15, -0.1) is 9.24 Å². The molecule has 0 aliphatic rings. The van der Waals surface area contributed by atoms with Crippen LogP contribution in [-0.4, -0.2) is 7.11 Å². The molecule has 0 N–H and O–H groups in total. The predicted molar refractivity (Wildman–Crippen MR) is 51.1 cm³/mol. The van der Waals surface area contributed by atoms with Crippen molar-refractivity contribution in [2.45, 2.75) is 13.1 Å². The number of rotatable bonds is 2. The van der Waals surface area contributed by atoms with E-state index in [-0.39, 0.29) is 0 Å². The summed E-state index contributed by atoms with van der Waals surface area (Å²) < 4.78 is 5.14. The lowest BCUT2D eigenvalue weighted by Gasteiger charge is -2.05. The normalized spacial score (nSPS) is 9.73. The highest BCUT2D eigenvalue weighted by Crippen LogP contribution is 2.19. The molecule has 1 aromatic carbocycles. The summed E-state index contributed by atoms with van der Waals surface area (Å²) in [4.78, 5) is 0. The van der Waals surface area contributed by atoms with Crippen LogP contribution in [0.2, 0.25) is 0 Å². The van der Waals surface area contributed by atoms with Gasteiger partial charge in [0.05, 0.1) is 7.11 Å². The Bertz CT molecular complexity index is 245. The average molecular weight is 168 g/mol. The first-order valence-electron chi connectivity index (χ1n) is 3.61. The molecule has 0 amide bonds. The van der Waals surface area contributed by atoms with Crippen molar-refractivity contribution in [1.82, 2.24) is 0 Å². The molecule has 1 unspecified atom stereocenters. The second-order valence-electron chi connectivity index (χ2n) is 2.51. The van der Waals surface area contributed by atoms with E-state index in [0.717, 1.165) is 11.9 Å². The van der Waals surface area contributed by atoms with Gasteiger partial charge in [-0.2, -0.15) is 0 Å².